The van der Waals surface area contributed by atoms with E-state index < -0.39 is 0 Å². The standard InChI is InChI=1S/C18H13BrN4OS/c19-13-6-4-12(5-7-13)15-11-25-18(21-15)22-17(24)9-14-10-23-8-2-1-3-16(23)20-14/h1-8,10-11H,9H2,(H,21,22,24). The lowest BCUT2D eigenvalue weighted by molar-refractivity contribution is -0.115. The number of nitrogens with zero attached hydrogens (tertiary/aromatic N) is 3. The second-order valence-electron chi connectivity index (χ2n) is 5.47. The zero-order valence-corrected chi connectivity index (χ0v) is 15.4. The predicted octanol–water partition coefficient (Wildman–Crippen LogP) is 4.40. The predicted molar refractivity (Wildman–Crippen MR) is 103 cm³/mol. The maximum absolute atomic E-state index is 12.2. The van der Waals surface area contributed by atoms with Crippen LogP contribution in [0.15, 0.2) is 64.7 Å². The quantitative estimate of drug-likeness (QED) is 0.540. The first-order valence-corrected chi connectivity index (χ1v) is 9.28. The minimum atomic E-state index is -0.125. The van der Waals surface area contributed by atoms with Crippen molar-refractivity contribution in [3.63, 3.8) is 0 Å². The molecular weight excluding hydrogens is 400 g/mol. The van der Waals surface area contributed by atoms with E-state index in [0.717, 1.165) is 27.1 Å². The Labute approximate surface area is 156 Å². The van der Waals surface area contributed by atoms with E-state index in [1.165, 1.54) is 11.3 Å². The van der Waals surface area contributed by atoms with E-state index in [1.807, 2.05) is 64.6 Å². The molecule has 4 aromatic rings. The molecule has 124 valence electrons. The van der Waals surface area contributed by atoms with Crippen molar-refractivity contribution >= 4 is 44.0 Å². The highest BCUT2D eigenvalue weighted by Gasteiger charge is 2.11. The SMILES string of the molecule is O=C(Cc1cn2ccccc2n1)Nc1nc(-c2ccc(Br)cc2)cs1. The van der Waals surface area contributed by atoms with Gasteiger partial charge in [0.25, 0.3) is 0 Å². The van der Waals surface area contributed by atoms with E-state index in [2.05, 4.69) is 31.2 Å². The molecule has 1 amide bonds. The fraction of sp³-hybridized carbons (Fsp3) is 0.0556. The highest BCUT2D eigenvalue weighted by molar-refractivity contribution is 9.10. The van der Waals surface area contributed by atoms with Gasteiger partial charge in [0.15, 0.2) is 5.13 Å². The summed E-state index contributed by atoms with van der Waals surface area (Å²) in [6.07, 6.45) is 3.99. The monoisotopic (exact) mass is 412 g/mol. The average Bonchev–Trinajstić information content (AvgIpc) is 3.21. The molecule has 25 heavy (non-hydrogen) atoms. The molecule has 0 spiro atoms. The maximum Gasteiger partial charge on any atom is 0.232 e. The van der Waals surface area contributed by atoms with Crippen LogP contribution in [0.3, 0.4) is 0 Å². The summed E-state index contributed by atoms with van der Waals surface area (Å²) in [7, 11) is 0. The van der Waals surface area contributed by atoms with Gasteiger partial charge < -0.3 is 9.72 Å². The van der Waals surface area contributed by atoms with Crippen molar-refractivity contribution in [1.29, 1.82) is 0 Å². The molecule has 0 saturated heterocycles. The third-order valence-electron chi connectivity index (χ3n) is 3.65. The van der Waals surface area contributed by atoms with Crippen LogP contribution in [0, 0.1) is 0 Å². The summed E-state index contributed by atoms with van der Waals surface area (Å²) >= 11 is 4.83. The molecule has 1 N–H and O–H groups in total. The zero-order chi connectivity index (χ0) is 17.2. The number of carbonyl (C=O) groups excluding carboxylic acids is 1. The average molecular weight is 413 g/mol. The summed E-state index contributed by atoms with van der Waals surface area (Å²) in [5.41, 5.74) is 3.42. The summed E-state index contributed by atoms with van der Waals surface area (Å²) in [4.78, 5) is 21.2. The number of hydrogen-bond donors (Lipinski definition) is 1. The Morgan fingerprint density at radius 3 is 2.80 bits per heavy atom. The first-order valence-electron chi connectivity index (χ1n) is 7.61. The molecule has 1 aromatic carbocycles. The van der Waals surface area contributed by atoms with Gasteiger partial charge in [-0.05, 0) is 24.3 Å². The van der Waals surface area contributed by atoms with Gasteiger partial charge in [-0.25, -0.2) is 9.97 Å². The molecule has 3 heterocycles. The smallest absolute Gasteiger partial charge is 0.232 e. The topological polar surface area (TPSA) is 59.3 Å². The van der Waals surface area contributed by atoms with Crippen LogP contribution in [-0.2, 0) is 11.2 Å². The molecule has 3 aromatic heterocycles. The molecular formula is C18H13BrN4OS. The number of carbonyl (C=O) groups is 1. The first kappa shape index (κ1) is 16.0. The molecule has 0 aliphatic heterocycles. The van der Waals surface area contributed by atoms with E-state index in [4.69, 9.17) is 0 Å². The minimum Gasteiger partial charge on any atom is -0.307 e. The number of pyridine rings is 1. The Morgan fingerprint density at radius 1 is 1.16 bits per heavy atom. The van der Waals surface area contributed by atoms with Crippen molar-refractivity contribution in [2.45, 2.75) is 6.42 Å². The summed E-state index contributed by atoms with van der Waals surface area (Å²) < 4.78 is 2.92. The molecule has 0 aliphatic carbocycles. The van der Waals surface area contributed by atoms with Crippen LogP contribution in [0.25, 0.3) is 16.9 Å². The van der Waals surface area contributed by atoms with Gasteiger partial charge in [0, 0.05) is 27.8 Å². The van der Waals surface area contributed by atoms with E-state index in [0.29, 0.717) is 5.13 Å². The first-order chi connectivity index (χ1) is 12.2. The number of hydrogen-bond acceptors (Lipinski definition) is 4. The van der Waals surface area contributed by atoms with Gasteiger partial charge in [0.1, 0.15) is 5.65 Å². The molecule has 7 heteroatoms. The van der Waals surface area contributed by atoms with Crippen LogP contribution in [0.4, 0.5) is 5.13 Å². The number of benzene rings is 1. The van der Waals surface area contributed by atoms with Gasteiger partial charge in [0.2, 0.25) is 5.91 Å². The molecule has 0 saturated carbocycles. The van der Waals surface area contributed by atoms with Crippen LogP contribution in [0.2, 0.25) is 0 Å². The number of rotatable bonds is 4. The number of anilines is 1. The molecule has 0 radical (unpaired) electrons. The zero-order valence-electron chi connectivity index (χ0n) is 13.0. The number of amides is 1. The molecule has 0 aliphatic rings. The highest BCUT2D eigenvalue weighted by atomic mass is 79.9. The molecule has 5 nitrogen and oxygen atoms in total. The Morgan fingerprint density at radius 2 is 2.00 bits per heavy atom. The van der Waals surface area contributed by atoms with E-state index in [1.54, 1.807) is 0 Å². The van der Waals surface area contributed by atoms with Gasteiger partial charge in [-0.3, -0.25) is 4.79 Å². The Hall–Kier alpha value is -2.51. The van der Waals surface area contributed by atoms with Crippen LogP contribution in [0.1, 0.15) is 5.69 Å². The summed E-state index contributed by atoms with van der Waals surface area (Å²) in [5, 5.41) is 5.37. The minimum absolute atomic E-state index is 0.125. The van der Waals surface area contributed by atoms with E-state index >= 15 is 0 Å². The van der Waals surface area contributed by atoms with Crippen molar-refractivity contribution in [3.05, 3.63) is 70.4 Å². The largest absolute Gasteiger partial charge is 0.307 e. The summed E-state index contributed by atoms with van der Waals surface area (Å²) in [6.45, 7) is 0. The van der Waals surface area contributed by atoms with Crippen molar-refractivity contribution in [1.82, 2.24) is 14.4 Å². The fourth-order valence-corrected chi connectivity index (χ4v) is 3.48. The lowest BCUT2D eigenvalue weighted by atomic mass is 10.2. The van der Waals surface area contributed by atoms with Crippen molar-refractivity contribution in [2.75, 3.05) is 5.32 Å². The number of halogens is 1. The van der Waals surface area contributed by atoms with Crippen LogP contribution < -0.4 is 5.32 Å². The van der Waals surface area contributed by atoms with Gasteiger partial charge in [-0.1, -0.05) is 34.1 Å². The second-order valence-corrected chi connectivity index (χ2v) is 7.24. The van der Waals surface area contributed by atoms with Gasteiger partial charge >= 0.3 is 0 Å². The Balaban J connectivity index is 1.45. The number of imidazole rings is 1. The lowest BCUT2D eigenvalue weighted by Crippen LogP contribution is -2.14. The van der Waals surface area contributed by atoms with Gasteiger partial charge in [-0.2, -0.15) is 0 Å². The number of thiazole rings is 1. The molecule has 0 atom stereocenters. The Kier molecular flexibility index (Phi) is 4.33. The number of fused-ring (bicyclic) bond motifs is 1. The number of nitrogens with one attached hydrogen (secondary N) is 1. The Bertz CT molecular complexity index is 1010. The summed E-state index contributed by atoms with van der Waals surface area (Å²) in [5.74, 6) is -0.125. The molecule has 0 fully saturated rings. The lowest BCUT2D eigenvalue weighted by Gasteiger charge is -1.99. The number of aromatic nitrogens is 3. The normalized spacial score (nSPS) is 10.9. The van der Waals surface area contributed by atoms with Crippen molar-refractivity contribution in [2.24, 2.45) is 0 Å². The van der Waals surface area contributed by atoms with Gasteiger partial charge in [0.05, 0.1) is 17.8 Å². The van der Waals surface area contributed by atoms with Crippen LogP contribution >= 0.6 is 27.3 Å². The maximum atomic E-state index is 12.2. The van der Waals surface area contributed by atoms with E-state index in [9.17, 15) is 4.79 Å². The van der Waals surface area contributed by atoms with E-state index in [-0.39, 0.29) is 12.3 Å². The molecule has 0 unspecified atom stereocenters. The second kappa shape index (κ2) is 6.78. The van der Waals surface area contributed by atoms with Crippen LogP contribution in [0.5, 0.6) is 0 Å². The fourth-order valence-electron chi connectivity index (χ4n) is 2.48. The highest BCUT2D eigenvalue weighted by Crippen LogP contribution is 2.26. The van der Waals surface area contributed by atoms with Crippen LogP contribution in [-0.4, -0.2) is 20.3 Å². The molecule has 0 bridgehead atoms. The third-order valence-corrected chi connectivity index (χ3v) is 4.93. The third kappa shape index (κ3) is 3.62. The van der Waals surface area contributed by atoms with Gasteiger partial charge in [-0.15, -0.1) is 11.3 Å². The summed E-state index contributed by atoms with van der Waals surface area (Å²) in [6, 6.07) is 13.7. The van der Waals surface area contributed by atoms with Crippen molar-refractivity contribution < 1.29 is 4.79 Å². The van der Waals surface area contributed by atoms with Crippen molar-refractivity contribution in [3.8, 4) is 11.3 Å². The molecule has 4 rings (SSSR count).